The maximum absolute atomic E-state index is 6.14. The molecule has 0 unspecified atom stereocenters. The highest BCUT2D eigenvalue weighted by Gasteiger charge is 2.08. The predicted molar refractivity (Wildman–Crippen MR) is 85.8 cm³/mol. The van der Waals surface area contributed by atoms with Gasteiger partial charge in [0.15, 0.2) is 0 Å². The van der Waals surface area contributed by atoms with E-state index in [1.807, 2.05) is 68.6 Å². The average Bonchev–Trinajstić information content (AvgIpc) is 2.50. The Morgan fingerprint density at radius 1 is 1.00 bits per heavy atom. The van der Waals surface area contributed by atoms with Gasteiger partial charge in [0.25, 0.3) is 0 Å². The van der Waals surface area contributed by atoms with Crippen molar-refractivity contribution < 1.29 is 4.74 Å². The molecule has 0 radical (unpaired) electrons. The zero-order chi connectivity index (χ0) is 14.7. The first kappa shape index (κ1) is 13.6. The third-order valence-corrected chi connectivity index (χ3v) is 3.40. The minimum Gasteiger partial charge on any atom is -0.456 e. The van der Waals surface area contributed by atoms with E-state index in [9.17, 15) is 0 Å². The molecule has 21 heavy (non-hydrogen) atoms. The highest BCUT2D eigenvalue weighted by atomic mass is 16.5. The predicted octanol–water partition coefficient (Wildman–Crippen LogP) is 4.05. The van der Waals surface area contributed by atoms with Gasteiger partial charge in [0.1, 0.15) is 11.5 Å². The van der Waals surface area contributed by atoms with E-state index in [2.05, 4.69) is 10.3 Å². The first-order valence-corrected chi connectivity index (χ1v) is 7.04. The van der Waals surface area contributed by atoms with Gasteiger partial charge in [-0.05, 0) is 37.7 Å². The molecule has 1 heterocycles. The zero-order valence-electron chi connectivity index (χ0n) is 12.3. The second kappa shape index (κ2) is 5.94. The standard InChI is InChI=1S/C18H18N2O/c1-13-7-3-6-10-17(13)21-18-11-14(12-19-2)20-16-9-5-4-8-15(16)18/h3-11,19H,12H2,1-2H3. The Kier molecular flexibility index (Phi) is 3.84. The van der Waals surface area contributed by atoms with E-state index in [0.717, 1.165) is 40.2 Å². The molecule has 0 spiro atoms. The van der Waals surface area contributed by atoms with Crippen molar-refractivity contribution in [3.63, 3.8) is 0 Å². The van der Waals surface area contributed by atoms with Crippen LogP contribution in [0.4, 0.5) is 0 Å². The third kappa shape index (κ3) is 2.88. The van der Waals surface area contributed by atoms with Crippen molar-refractivity contribution in [2.45, 2.75) is 13.5 Å². The lowest BCUT2D eigenvalue weighted by atomic mass is 10.1. The molecule has 0 saturated carbocycles. The molecule has 3 nitrogen and oxygen atoms in total. The summed E-state index contributed by atoms with van der Waals surface area (Å²) in [5, 5.41) is 4.16. The lowest BCUT2D eigenvalue weighted by molar-refractivity contribution is 0.483. The number of pyridine rings is 1. The van der Waals surface area contributed by atoms with E-state index in [1.165, 1.54) is 0 Å². The number of para-hydroxylation sites is 2. The Balaban J connectivity index is 2.09. The van der Waals surface area contributed by atoms with Gasteiger partial charge in [-0.1, -0.05) is 30.3 Å². The summed E-state index contributed by atoms with van der Waals surface area (Å²) in [4.78, 5) is 4.65. The van der Waals surface area contributed by atoms with Crippen molar-refractivity contribution in [1.82, 2.24) is 10.3 Å². The maximum atomic E-state index is 6.14. The van der Waals surface area contributed by atoms with Gasteiger partial charge >= 0.3 is 0 Å². The van der Waals surface area contributed by atoms with Crippen LogP contribution in [0.3, 0.4) is 0 Å². The number of ether oxygens (including phenoxy) is 1. The zero-order valence-corrected chi connectivity index (χ0v) is 12.3. The van der Waals surface area contributed by atoms with E-state index in [4.69, 9.17) is 4.74 Å². The van der Waals surface area contributed by atoms with Gasteiger partial charge in [-0.2, -0.15) is 0 Å². The van der Waals surface area contributed by atoms with E-state index in [1.54, 1.807) is 0 Å². The summed E-state index contributed by atoms with van der Waals surface area (Å²) < 4.78 is 6.14. The minimum atomic E-state index is 0.717. The molecule has 0 aliphatic heterocycles. The fourth-order valence-corrected chi connectivity index (χ4v) is 2.34. The quantitative estimate of drug-likeness (QED) is 0.781. The monoisotopic (exact) mass is 278 g/mol. The van der Waals surface area contributed by atoms with Gasteiger partial charge in [-0.15, -0.1) is 0 Å². The topological polar surface area (TPSA) is 34.1 Å². The summed E-state index contributed by atoms with van der Waals surface area (Å²) >= 11 is 0. The molecular formula is C18H18N2O. The molecule has 0 fully saturated rings. The fourth-order valence-electron chi connectivity index (χ4n) is 2.34. The first-order chi connectivity index (χ1) is 10.3. The molecule has 0 saturated heterocycles. The molecule has 1 aromatic heterocycles. The Bertz CT molecular complexity index is 768. The van der Waals surface area contributed by atoms with Crippen LogP contribution in [0.2, 0.25) is 0 Å². The lowest BCUT2D eigenvalue weighted by Gasteiger charge is -2.12. The minimum absolute atomic E-state index is 0.717. The van der Waals surface area contributed by atoms with E-state index >= 15 is 0 Å². The number of hydrogen-bond acceptors (Lipinski definition) is 3. The third-order valence-electron chi connectivity index (χ3n) is 3.40. The average molecular weight is 278 g/mol. The summed E-state index contributed by atoms with van der Waals surface area (Å²) in [7, 11) is 1.92. The smallest absolute Gasteiger partial charge is 0.138 e. The number of fused-ring (bicyclic) bond motifs is 1. The van der Waals surface area contributed by atoms with Gasteiger partial charge in [0.2, 0.25) is 0 Å². The highest BCUT2D eigenvalue weighted by Crippen LogP contribution is 2.31. The molecule has 0 bridgehead atoms. The van der Waals surface area contributed by atoms with Crippen molar-refractivity contribution in [3.8, 4) is 11.5 Å². The number of hydrogen-bond donors (Lipinski definition) is 1. The van der Waals surface area contributed by atoms with Crippen LogP contribution in [-0.2, 0) is 6.54 Å². The fraction of sp³-hybridized carbons (Fsp3) is 0.167. The Hall–Kier alpha value is -2.39. The normalized spacial score (nSPS) is 10.8. The van der Waals surface area contributed by atoms with E-state index in [0.29, 0.717) is 0 Å². The summed E-state index contributed by atoms with van der Waals surface area (Å²) in [6, 6.07) is 18.1. The summed E-state index contributed by atoms with van der Waals surface area (Å²) in [5.74, 6) is 1.73. The van der Waals surface area contributed by atoms with Crippen LogP contribution < -0.4 is 10.1 Å². The SMILES string of the molecule is CNCc1cc(Oc2ccccc2C)c2ccccc2n1. The van der Waals surface area contributed by atoms with Crippen LogP contribution >= 0.6 is 0 Å². The molecule has 0 aliphatic rings. The van der Waals surface area contributed by atoms with Crippen molar-refractivity contribution >= 4 is 10.9 Å². The molecular weight excluding hydrogens is 260 g/mol. The Labute approximate surface area is 124 Å². The molecule has 2 aromatic carbocycles. The van der Waals surface area contributed by atoms with Crippen LogP contribution in [0.15, 0.2) is 54.6 Å². The molecule has 0 atom stereocenters. The van der Waals surface area contributed by atoms with E-state index < -0.39 is 0 Å². The van der Waals surface area contributed by atoms with Crippen molar-refractivity contribution in [3.05, 3.63) is 65.9 Å². The van der Waals surface area contributed by atoms with Crippen LogP contribution in [0.25, 0.3) is 10.9 Å². The van der Waals surface area contributed by atoms with Gasteiger partial charge in [-0.3, -0.25) is 4.98 Å². The molecule has 106 valence electrons. The highest BCUT2D eigenvalue weighted by molar-refractivity contribution is 5.85. The van der Waals surface area contributed by atoms with E-state index in [-0.39, 0.29) is 0 Å². The van der Waals surface area contributed by atoms with Crippen LogP contribution in [0.1, 0.15) is 11.3 Å². The molecule has 0 aliphatic carbocycles. The second-order valence-corrected chi connectivity index (χ2v) is 5.03. The first-order valence-electron chi connectivity index (χ1n) is 7.04. The van der Waals surface area contributed by atoms with Crippen LogP contribution in [0, 0.1) is 6.92 Å². The van der Waals surface area contributed by atoms with Crippen molar-refractivity contribution in [2.75, 3.05) is 7.05 Å². The van der Waals surface area contributed by atoms with Gasteiger partial charge in [0.05, 0.1) is 11.2 Å². The number of aromatic nitrogens is 1. The molecule has 3 rings (SSSR count). The number of nitrogens with one attached hydrogen (secondary N) is 1. The van der Waals surface area contributed by atoms with Gasteiger partial charge in [0, 0.05) is 18.0 Å². The Morgan fingerprint density at radius 2 is 1.76 bits per heavy atom. The largest absolute Gasteiger partial charge is 0.456 e. The van der Waals surface area contributed by atoms with Crippen molar-refractivity contribution in [2.24, 2.45) is 0 Å². The Morgan fingerprint density at radius 3 is 2.57 bits per heavy atom. The van der Waals surface area contributed by atoms with Gasteiger partial charge in [-0.25, -0.2) is 0 Å². The molecule has 3 heteroatoms. The number of benzene rings is 2. The molecule has 3 aromatic rings. The van der Waals surface area contributed by atoms with Crippen LogP contribution in [-0.4, -0.2) is 12.0 Å². The summed E-state index contributed by atoms with van der Waals surface area (Å²) in [6.45, 7) is 2.77. The van der Waals surface area contributed by atoms with Crippen LogP contribution in [0.5, 0.6) is 11.5 Å². The lowest BCUT2D eigenvalue weighted by Crippen LogP contribution is -2.07. The molecule has 1 N–H and O–H groups in total. The summed E-state index contributed by atoms with van der Waals surface area (Å²) in [5.41, 5.74) is 3.04. The van der Waals surface area contributed by atoms with Crippen molar-refractivity contribution in [1.29, 1.82) is 0 Å². The second-order valence-electron chi connectivity index (χ2n) is 5.03. The number of aryl methyl sites for hydroxylation is 1. The van der Waals surface area contributed by atoms with Gasteiger partial charge < -0.3 is 10.1 Å². The number of nitrogens with zero attached hydrogens (tertiary/aromatic N) is 1. The maximum Gasteiger partial charge on any atom is 0.138 e. The summed E-state index contributed by atoms with van der Waals surface area (Å²) in [6.07, 6.45) is 0. The molecule has 0 amide bonds. The number of rotatable bonds is 4.